The van der Waals surface area contributed by atoms with Gasteiger partial charge in [-0.05, 0) is 55.4 Å². The number of piperidine rings is 1. The maximum absolute atomic E-state index is 12.8. The third-order valence-electron chi connectivity index (χ3n) is 6.66. The van der Waals surface area contributed by atoms with E-state index in [1.807, 2.05) is 23.1 Å². The number of ketones is 1. The van der Waals surface area contributed by atoms with E-state index in [9.17, 15) is 22.8 Å². The van der Waals surface area contributed by atoms with Crippen LogP contribution in [0.25, 0.3) is 6.08 Å². The maximum Gasteiger partial charge on any atom is 0.263 e. The summed E-state index contributed by atoms with van der Waals surface area (Å²) in [5.74, 6) is -1.01. The average Bonchev–Trinajstić information content (AvgIpc) is 3.47. The quantitative estimate of drug-likeness (QED) is 0.566. The lowest BCUT2D eigenvalue weighted by Gasteiger charge is -2.39. The Morgan fingerprint density at radius 2 is 1.56 bits per heavy atom. The van der Waals surface area contributed by atoms with Gasteiger partial charge in [-0.2, -0.15) is 0 Å². The van der Waals surface area contributed by atoms with Gasteiger partial charge in [0, 0.05) is 31.6 Å². The van der Waals surface area contributed by atoms with Crippen LogP contribution < -0.4 is 0 Å². The Morgan fingerprint density at radius 3 is 2.18 bits per heavy atom. The fourth-order valence-electron chi connectivity index (χ4n) is 4.60. The second-order valence-electron chi connectivity index (χ2n) is 9.10. The maximum atomic E-state index is 12.8. The highest BCUT2D eigenvalue weighted by Gasteiger charge is 2.43. The van der Waals surface area contributed by atoms with Crippen LogP contribution in [-0.2, 0) is 14.6 Å². The molecule has 3 heterocycles. The lowest BCUT2D eigenvalue weighted by molar-refractivity contribution is -0.128. The van der Waals surface area contributed by atoms with Crippen molar-refractivity contribution in [2.45, 2.75) is 26.2 Å². The van der Waals surface area contributed by atoms with Crippen molar-refractivity contribution in [2.75, 3.05) is 31.9 Å². The van der Waals surface area contributed by atoms with Crippen LogP contribution in [0.15, 0.2) is 47.9 Å². The number of amides is 2. The Balaban J connectivity index is 1.30. The fourth-order valence-corrected chi connectivity index (χ4v) is 6.45. The molecule has 0 unspecified atom stereocenters. The van der Waals surface area contributed by atoms with Crippen LogP contribution in [0, 0.1) is 5.41 Å². The summed E-state index contributed by atoms with van der Waals surface area (Å²) in [6, 6.07) is 12.5. The van der Waals surface area contributed by atoms with Gasteiger partial charge in [0.05, 0.1) is 9.75 Å². The van der Waals surface area contributed by atoms with Crippen molar-refractivity contribution in [1.29, 1.82) is 0 Å². The highest BCUT2D eigenvalue weighted by atomic mass is 32.2. The first kappa shape index (κ1) is 24.3. The summed E-state index contributed by atoms with van der Waals surface area (Å²) < 4.78 is 24.9. The predicted molar refractivity (Wildman–Crippen MR) is 132 cm³/mol. The monoisotopic (exact) mass is 500 g/mol. The molecular formula is C25H28N2O5S2. The topological polar surface area (TPSA) is 91.8 Å². The van der Waals surface area contributed by atoms with E-state index in [2.05, 4.69) is 0 Å². The summed E-state index contributed by atoms with van der Waals surface area (Å²) in [4.78, 5) is 41.7. The summed E-state index contributed by atoms with van der Waals surface area (Å²) in [7, 11) is -3.66. The minimum atomic E-state index is -3.66. The van der Waals surface area contributed by atoms with Gasteiger partial charge in [0.2, 0.25) is 5.91 Å². The number of nitrogens with zero attached hydrogens (tertiary/aromatic N) is 2. The van der Waals surface area contributed by atoms with Crippen molar-refractivity contribution in [2.24, 2.45) is 5.41 Å². The van der Waals surface area contributed by atoms with Crippen molar-refractivity contribution in [3.63, 3.8) is 0 Å². The van der Waals surface area contributed by atoms with E-state index in [4.69, 9.17) is 0 Å². The van der Waals surface area contributed by atoms with Gasteiger partial charge in [0.15, 0.2) is 15.6 Å². The Kier molecular flexibility index (Phi) is 7.04. The van der Waals surface area contributed by atoms with E-state index >= 15 is 0 Å². The fraction of sp³-hybridized carbons (Fsp3) is 0.400. The lowest BCUT2D eigenvalue weighted by Crippen LogP contribution is -2.45. The molecule has 2 aliphatic rings. The summed E-state index contributed by atoms with van der Waals surface area (Å²) in [6.45, 7) is 3.73. The van der Waals surface area contributed by atoms with Crippen LogP contribution in [0.1, 0.15) is 51.1 Å². The Labute approximate surface area is 204 Å². The summed E-state index contributed by atoms with van der Waals surface area (Å²) in [6.07, 6.45) is 3.87. The number of thiophene rings is 1. The molecule has 2 amide bonds. The first-order valence-electron chi connectivity index (χ1n) is 11.3. The zero-order valence-corrected chi connectivity index (χ0v) is 20.7. The predicted octanol–water partition coefficient (Wildman–Crippen LogP) is 3.49. The number of carbonyl (C=O) groups excluding carboxylic acids is 3. The molecule has 0 atom stereocenters. The molecule has 0 aliphatic carbocycles. The molecule has 2 aliphatic heterocycles. The van der Waals surface area contributed by atoms with Crippen LogP contribution in [0.4, 0.5) is 0 Å². The second kappa shape index (κ2) is 9.84. The molecule has 1 aromatic carbocycles. The molecule has 4 rings (SSSR count). The van der Waals surface area contributed by atoms with Gasteiger partial charge in [-0.15, -0.1) is 11.3 Å². The summed E-state index contributed by atoms with van der Waals surface area (Å²) in [5.41, 5.74) is 0.691. The zero-order valence-electron chi connectivity index (χ0n) is 19.1. The number of Topliss-reactive ketones (excluding diaryl/α,β-unsaturated/α-hetero) is 1. The molecule has 0 radical (unpaired) electrons. The molecule has 2 fully saturated rings. The van der Waals surface area contributed by atoms with Crippen LogP contribution >= 0.6 is 11.3 Å². The molecule has 1 spiro atoms. The number of hydrogen-bond acceptors (Lipinski definition) is 6. The van der Waals surface area contributed by atoms with Crippen LogP contribution in [-0.4, -0.2) is 67.7 Å². The molecule has 0 bridgehead atoms. The van der Waals surface area contributed by atoms with E-state index in [0.29, 0.717) is 35.9 Å². The van der Waals surface area contributed by atoms with E-state index in [1.54, 1.807) is 29.2 Å². The first-order chi connectivity index (χ1) is 16.2. The molecule has 9 heteroatoms. The van der Waals surface area contributed by atoms with Crippen LogP contribution in [0.3, 0.4) is 0 Å². The number of sulfone groups is 1. The molecule has 2 saturated heterocycles. The Bertz CT molecular complexity index is 1210. The number of rotatable bonds is 6. The minimum absolute atomic E-state index is 0.0464. The van der Waals surface area contributed by atoms with Gasteiger partial charge in [-0.25, -0.2) is 8.42 Å². The van der Waals surface area contributed by atoms with E-state index in [0.717, 1.165) is 30.2 Å². The molecule has 7 nitrogen and oxygen atoms in total. The molecule has 1 aromatic heterocycles. The standard InChI is InChI=1S/C25H28N2O5S2/c1-19(28)21-7-8-22(33-21)24(30)26-13-10-25(11-14-26)12-15-27(18-25)23(29)17-34(31,32)16-9-20-5-3-2-4-6-20/h2-9,16H,10-15,17-18H2,1H3. The molecule has 2 aromatic rings. The minimum Gasteiger partial charge on any atom is -0.341 e. The third-order valence-corrected chi connectivity index (χ3v) is 9.03. The smallest absolute Gasteiger partial charge is 0.263 e. The van der Waals surface area contributed by atoms with Crippen LogP contribution in [0.2, 0.25) is 0 Å². The number of hydrogen-bond donors (Lipinski definition) is 0. The number of benzene rings is 1. The van der Waals surface area contributed by atoms with Crippen molar-refractivity contribution in [3.8, 4) is 0 Å². The Hall–Kier alpha value is -2.78. The van der Waals surface area contributed by atoms with E-state index in [1.165, 1.54) is 24.3 Å². The van der Waals surface area contributed by atoms with Gasteiger partial charge < -0.3 is 9.80 Å². The van der Waals surface area contributed by atoms with Crippen molar-refractivity contribution >= 4 is 44.8 Å². The molecular weight excluding hydrogens is 472 g/mol. The lowest BCUT2D eigenvalue weighted by atomic mass is 9.78. The first-order valence-corrected chi connectivity index (χ1v) is 13.8. The normalized spacial score (nSPS) is 18.0. The van der Waals surface area contributed by atoms with Gasteiger partial charge in [0.25, 0.3) is 5.91 Å². The van der Waals surface area contributed by atoms with Crippen molar-refractivity contribution in [1.82, 2.24) is 9.80 Å². The van der Waals surface area contributed by atoms with Crippen molar-refractivity contribution in [3.05, 3.63) is 63.2 Å². The second-order valence-corrected chi connectivity index (χ2v) is 12.1. The van der Waals surface area contributed by atoms with E-state index in [-0.39, 0.29) is 23.0 Å². The van der Waals surface area contributed by atoms with Crippen molar-refractivity contribution < 1.29 is 22.8 Å². The van der Waals surface area contributed by atoms with Gasteiger partial charge >= 0.3 is 0 Å². The van der Waals surface area contributed by atoms with Crippen LogP contribution in [0.5, 0.6) is 0 Å². The van der Waals surface area contributed by atoms with Gasteiger partial charge in [0.1, 0.15) is 5.75 Å². The molecule has 0 N–H and O–H groups in total. The summed E-state index contributed by atoms with van der Waals surface area (Å²) in [5, 5.41) is 1.11. The Morgan fingerprint density at radius 1 is 0.941 bits per heavy atom. The highest BCUT2D eigenvalue weighted by Crippen LogP contribution is 2.41. The molecule has 34 heavy (non-hydrogen) atoms. The molecule has 180 valence electrons. The van der Waals surface area contributed by atoms with Gasteiger partial charge in [-0.1, -0.05) is 30.3 Å². The number of likely N-dealkylation sites (tertiary alicyclic amines) is 2. The summed E-state index contributed by atoms with van der Waals surface area (Å²) >= 11 is 1.22. The van der Waals surface area contributed by atoms with E-state index < -0.39 is 15.6 Å². The molecule has 0 saturated carbocycles. The largest absolute Gasteiger partial charge is 0.341 e. The highest BCUT2D eigenvalue weighted by molar-refractivity contribution is 7.95. The zero-order chi connectivity index (χ0) is 24.3. The SMILES string of the molecule is CC(=O)c1ccc(C(=O)N2CCC3(CCN(C(=O)CS(=O)(=O)C=Cc4ccccc4)C3)CC2)s1. The van der Waals surface area contributed by atoms with Gasteiger partial charge in [-0.3, -0.25) is 14.4 Å². The average molecular weight is 501 g/mol. The number of carbonyl (C=O) groups is 3. The third kappa shape index (κ3) is 5.64.